The zero-order valence-electron chi connectivity index (χ0n) is 8.02. The lowest BCUT2D eigenvalue weighted by Crippen LogP contribution is -2.37. The second-order valence-electron chi connectivity index (χ2n) is 2.76. The first-order chi connectivity index (χ1) is 6.63. The van der Waals surface area contributed by atoms with Crippen LogP contribution in [0.25, 0.3) is 0 Å². The van der Waals surface area contributed by atoms with Gasteiger partial charge in [-0.2, -0.15) is 0 Å². The molecule has 0 aliphatic heterocycles. The lowest BCUT2D eigenvalue weighted by Gasteiger charge is -2.15. The van der Waals surface area contributed by atoms with Crippen molar-refractivity contribution in [2.24, 2.45) is 0 Å². The molecule has 4 nitrogen and oxygen atoms in total. The van der Waals surface area contributed by atoms with Crippen LogP contribution in [0.4, 0.5) is 0 Å². The predicted molar refractivity (Wildman–Crippen MR) is 48.1 cm³/mol. The molecular weight excluding hydrogens is 184 g/mol. The monoisotopic (exact) mass is 195 g/mol. The number of ether oxygens (including phenoxy) is 2. The molecule has 0 aromatic heterocycles. The molecule has 0 unspecified atom stereocenters. The Morgan fingerprint density at radius 3 is 2.64 bits per heavy atom. The Bertz CT molecular complexity index is 322. The van der Waals surface area contributed by atoms with Crippen LogP contribution in [-0.4, -0.2) is 19.2 Å². The molecule has 4 heteroatoms. The summed E-state index contributed by atoms with van der Waals surface area (Å²) in [6.07, 6.45) is -0.970. The standard InChI is InChI=1S/C10H12O4/c1-7(10(11)12)14-9-5-3-4-8(6-9)13-2/h3-7H,1-2H3,(H,11,12)/p-1/t7-/m1/s1. The molecule has 1 rings (SSSR count). The SMILES string of the molecule is COc1cccc(O[C@H](C)C(=O)[O-])c1. The van der Waals surface area contributed by atoms with E-state index in [0.717, 1.165) is 0 Å². The van der Waals surface area contributed by atoms with Gasteiger partial charge in [0.2, 0.25) is 0 Å². The van der Waals surface area contributed by atoms with Crippen molar-refractivity contribution < 1.29 is 19.4 Å². The third-order valence-electron chi connectivity index (χ3n) is 1.69. The van der Waals surface area contributed by atoms with Crippen LogP contribution in [0.3, 0.4) is 0 Å². The lowest BCUT2D eigenvalue weighted by atomic mass is 10.3. The first-order valence-electron chi connectivity index (χ1n) is 4.15. The van der Waals surface area contributed by atoms with Gasteiger partial charge in [0, 0.05) is 6.07 Å². The largest absolute Gasteiger partial charge is 0.546 e. The fourth-order valence-electron chi connectivity index (χ4n) is 0.927. The molecule has 0 radical (unpaired) electrons. The third-order valence-corrected chi connectivity index (χ3v) is 1.69. The van der Waals surface area contributed by atoms with Crippen LogP contribution in [0.2, 0.25) is 0 Å². The summed E-state index contributed by atoms with van der Waals surface area (Å²) < 4.78 is 10.0. The second-order valence-corrected chi connectivity index (χ2v) is 2.76. The fraction of sp³-hybridized carbons (Fsp3) is 0.300. The number of methoxy groups -OCH3 is 1. The number of carboxylic acids is 1. The molecule has 0 saturated heterocycles. The van der Waals surface area contributed by atoms with Gasteiger partial charge in [0.15, 0.2) is 0 Å². The molecule has 0 bridgehead atoms. The Balaban J connectivity index is 2.71. The molecule has 0 N–H and O–H groups in total. The first-order valence-corrected chi connectivity index (χ1v) is 4.15. The van der Waals surface area contributed by atoms with Gasteiger partial charge in [-0.05, 0) is 19.1 Å². The van der Waals surface area contributed by atoms with Crippen molar-refractivity contribution in [1.29, 1.82) is 0 Å². The minimum atomic E-state index is -1.24. The Kier molecular flexibility index (Phi) is 3.34. The van der Waals surface area contributed by atoms with E-state index in [0.29, 0.717) is 11.5 Å². The van der Waals surface area contributed by atoms with E-state index < -0.39 is 12.1 Å². The van der Waals surface area contributed by atoms with Gasteiger partial charge in [0.05, 0.1) is 13.1 Å². The summed E-state index contributed by atoms with van der Waals surface area (Å²) in [5, 5.41) is 10.4. The van der Waals surface area contributed by atoms with Crippen LogP contribution in [0.1, 0.15) is 6.92 Å². The quantitative estimate of drug-likeness (QED) is 0.689. The maximum atomic E-state index is 10.4. The average Bonchev–Trinajstić information content (AvgIpc) is 2.18. The van der Waals surface area contributed by atoms with Gasteiger partial charge < -0.3 is 19.4 Å². The zero-order valence-corrected chi connectivity index (χ0v) is 8.02. The summed E-state index contributed by atoms with van der Waals surface area (Å²) in [4.78, 5) is 10.4. The highest BCUT2D eigenvalue weighted by molar-refractivity contribution is 5.69. The van der Waals surface area contributed by atoms with Crippen LogP contribution >= 0.6 is 0 Å². The number of hydrogen-bond acceptors (Lipinski definition) is 4. The Labute approximate surface area is 82.1 Å². The topological polar surface area (TPSA) is 58.6 Å². The van der Waals surface area contributed by atoms with Gasteiger partial charge in [-0.3, -0.25) is 0 Å². The minimum absolute atomic E-state index is 0.445. The van der Waals surface area contributed by atoms with Crippen LogP contribution in [0, 0.1) is 0 Å². The number of carboxylic acid groups (broad SMARTS) is 1. The van der Waals surface area contributed by atoms with Gasteiger partial charge in [-0.1, -0.05) is 6.07 Å². The van der Waals surface area contributed by atoms with E-state index in [1.807, 2.05) is 0 Å². The molecule has 0 spiro atoms. The van der Waals surface area contributed by atoms with Crippen LogP contribution in [0.15, 0.2) is 24.3 Å². The van der Waals surface area contributed by atoms with Crippen molar-refractivity contribution >= 4 is 5.97 Å². The summed E-state index contributed by atoms with van der Waals surface area (Å²) >= 11 is 0. The maximum Gasteiger partial charge on any atom is 0.135 e. The van der Waals surface area contributed by atoms with Crippen LogP contribution in [-0.2, 0) is 4.79 Å². The van der Waals surface area contributed by atoms with Crippen molar-refractivity contribution in [2.45, 2.75) is 13.0 Å². The third kappa shape index (κ3) is 2.65. The van der Waals surface area contributed by atoms with Crippen molar-refractivity contribution in [3.8, 4) is 11.5 Å². The number of aliphatic carboxylic acids is 1. The van der Waals surface area contributed by atoms with E-state index in [1.165, 1.54) is 14.0 Å². The molecule has 0 saturated carbocycles. The lowest BCUT2D eigenvalue weighted by molar-refractivity contribution is -0.312. The van der Waals surface area contributed by atoms with E-state index >= 15 is 0 Å². The Hall–Kier alpha value is -1.71. The van der Waals surface area contributed by atoms with E-state index in [2.05, 4.69) is 0 Å². The molecule has 0 amide bonds. The molecule has 0 aliphatic carbocycles. The zero-order chi connectivity index (χ0) is 10.6. The molecule has 14 heavy (non-hydrogen) atoms. The molecule has 1 aromatic rings. The van der Waals surface area contributed by atoms with E-state index in [-0.39, 0.29) is 0 Å². The first kappa shape index (κ1) is 10.4. The number of rotatable bonds is 4. The van der Waals surface area contributed by atoms with Crippen molar-refractivity contribution in [2.75, 3.05) is 7.11 Å². The maximum absolute atomic E-state index is 10.4. The smallest absolute Gasteiger partial charge is 0.135 e. The Morgan fingerprint density at radius 1 is 1.43 bits per heavy atom. The van der Waals surface area contributed by atoms with Crippen LogP contribution < -0.4 is 14.6 Å². The molecule has 0 heterocycles. The van der Waals surface area contributed by atoms with Gasteiger partial charge in [0.1, 0.15) is 17.6 Å². The number of carbonyl (C=O) groups is 1. The normalized spacial score (nSPS) is 11.9. The summed E-state index contributed by atoms with van der Waals surface area (Å²) in [6.45, 7) is 1.41. The predicted octanol–water partition coefficient (Wildman–Crippen LogP) is 0.212. The van der Waals surface area contributed by atoms with Gasteiger partial charge in [-0.25, -0.2) is 0 Å². The highest BCUT2D eigenvalue weighted by atomic mass is 16.5. The number of hydrogen-bond donors (Lipinski definition) is 0. The van der Waals surface area contributed by atoms with Gasteiger partial charge >= 0.3 is 0 Å². The van der Waals surface area contributed by atoms with Crippen LogP contribution in [0.5, 0.6) is 11.5 Å². The molecule has 0 fully saturated rings. The molecule has 1 atom stereocenters. The average molecular weight is 195 g/mol. The Morgan fingerprint density at radius 2 is 2.07 bits per heavy atom. The van der Waals surface area contributed by atoms with Crippen molar-refractivity contribution in [3.05, 3.63) is 24.3 Å². The number of benzene rings is 1. The summed E-state index contributed by atoms with van der Waals surface area (Å²) in [6, 6.07) is 6.73. The molecular formula is C10H11O4-. The second kappa shape index (κ2) is 4.50. The van der Waals surface area contributed by atoms with Gasteiger partial charge in [-0.15, -0.1) is 0 Å². The molecule has 1 aromatic carbocycles. The number of carbonyl (C=O) groups excluding carboxylic acids is 1. The summed E-state index contributed by atoms with van der Waals surface area (Å²) in [7, 11) is 1.53. The van der Waals surface area contributed by atoms with E-state index in [4.69, 9.17) is 9.47 Å². The molecule has 0 aliphatic rings. The fourth-order valence-corrected chi connectivity index (χ4v) is 0.927. The van der Waals surface area contributed by atoms with Crippen molar-refractivity contribution in [3.63, 3.8) is 0 Å². The highest BCUT2D eigenvalue weighted by Crippen LogP contribution is 2.19. The van der Waals surface area contributed by atoms with E-state index in [9.17, 15) is 9.90 Å². The van der Waals surface area contributed by atoms with Gasteiger partial charge in [0.25, 0.3) is 0 Å². The van der Waals surface area contributed by atoms with E-state index in [1.54, 1.807) is 24.3 Å². The summed E-state index contributed by atoms with van der Waals surface area (Å²) in [5.74, 6) is -0.179. The highest BCUT2D eigenvalue weighted by Gasteiger charge is 2.04. The summed E-state index contributed by atoms with van der Waals surface area (Å²) in [5.41, 5.74) is 0. The minimum Gasteiger partial charge on any atom is -0.546 e. The molecule has 76 valence electrons. The van der Waals surface area contributed by atoms with Crippen molar-refractivity contribution in [1.82, 2.24) is 0 Å².